The van der Waals surface area contributed by atoms with Crippen LogP contribution in [0.5, 0.6) is 5.75 Å². The number of ether oxygens (including phenoxy) is 1. The Morgan fingerprint density at radius 1 is 1.18 bits per heavy atom. The van der Waals surface area contributed by atoms with E-state index in [1.54, 1.807) is 7.11 Å². The zero-order chi connectivity index (χ0) is 12.8. The normalized spacial score (nSPS) is 14.7. The van der Waals surface area contributed by atoms with Crippen molar-refractivity contribution in [1.82, 2.24) is 4.90 Å². The molecule has 0 heterocycles. The molecule has 17 heavy (non-hydrogen) atoms. The Kier molecular flexibility index (Phi) is 5.45. The molecule has 3 heteroatoms. The standard InChI is InChI=1S/C14H23NO2/c1-5-15(6-2)11(3)14(16)12-7-9-13(17-4)10-8-12/h7-11,14,16H,5-6H2,1-4H3. The third-order valence-corrected chi connectivity index (χ3v) is 3.30. The number of benzene rings is 1. The SMILES string of the molecule is CCN(CC)C(C)C(O)c1ccc(OC)cc1. The van der Waals surface area contributed by atoms with Crippen molar-refractivity contribution in [2.75, 3.05) is 20.2 Å². The van der Waals surface area contributed by atoms with E-state index in [1.807, 2.05) is 24.3 Å². The van der Waals surface area contributed by atoms with Crippen LogP contribution in [-0.2, 0) is 0 Å². The van der Waals surface area contributed by atoms with Crippen LogP contribution < -0.4 is 4.74 Å². The van der Waals surface area contributed by atoms with Crippen molar-refractivity contribution >= 4 is 0 Å². The highest BCUT2D eigenvalue weighted by Gasteiger charge is 2.20. The van der Waals surface area contributed by atoms with Gasteiger partial charge in [0, 0.05) is 6.04 Å². The molecule has 1 rings (SSSR count). The molecule has 1 N–H and O–H groups in total. The lowest BCUT2D eigenvalue weighted by Crippen LogP contribution is -2.37. The number of likely N-dealkylation sites (N-methyl/N-ethyl adjacent to an activating group) is 1. The number of hydrogen-bond acceptors (Lipinski definition) is 3. The average molecular weight is 237 g/mol. The molecular formula is C14H23NO2. The molecule has 0 aliphatic rings. The van der Waals surface area contributed by atoms with Crippen LogP contribution in [0.1, 0.15) is 32.4 Å². The molecule has 0 bridgehead atoms. The second kappa shape index (κ2) is 6.62. The molecule has 0 aromatic heterocycles. The van der Waals surface area contributed by atoms with Crippen LogP contribution in [0, 0.1) is 0 Å². The van der Waals surface area contributed by atoms with Gasteiger partial charge in [0.15, 0.2) is 0 Å². The minimum atomic E-state index is -0.458. The maximum Gasteiger partial charge on any atom is 0.118 e. The highest BCUT2D eigenvalue weighted by atomic mass is 16.5. The Balaban J connectivity index is 2.76. The van der Waals surface area contributed by atoms with Crippen molar-refractivity contribution in [3.05, 3.63) is 29.8 Å². The topological polar surface area (TPSA) is 32.7 Å². The number of rotatable bonds is 6. The Morgan fingerprint density at radius 3 is 2.12 bits per heavy atom. The molecule has 0 saturated carbocycles. The predicted octanol–water partition coefficient (Wildman–Crippen LogP) is 2.46. The van der Waals surface area contributed by atoms with Gasteiger partial charge in [-0.3, -0.25) is 4.90 Å². The summed E-state index contributed by atoms with van der Waals surface area (Å²) in [6.07, 6.45) is -0.458. The van der Waals surface area contributed by atoms with E-state index >= 15 is 0 Å². The van der Waals surface area contributed by atoms with E-state index in [9.17, 15) is 5.11 Å². The zero-order valence-electron chi connectivity index (χ0n) is 11.2. The van der Waals surface area contributed by atoms with Crippen molar-refractivity contribution in [3.8, 4) is 5.75 Å². The van der Waals surface area contributed by atoms with E-state index in [2.05, 4.69) is 25.7 Å². The highest BCUT2D eigenvalue weighted by Crippen LogP contribution is 2.22. The third kappa shape index (κ3) is 3.45. The summed E-state index contributed by atoms with van der Waals surface area (Å²) in [6, 6.07) is 7.73. The molecular weight excluding hydrogens is 214 g/mol. The van der Waals surface area contributed by atoms with Crippen molar-refractivity contribution in [2.45, 2.75) is 32.9 Å². The van der Waals surface area contributed by atoms with Gasteiger partial charge in [0.1, 0.15) is 5.75 Å². The first kappa shape index (κ1) is 14.0. The first-order chi connectivity index (χ1) is 8.13. The average Bonchev–Trinajstić information content (AvgIpc) is 2.39. The van der Waals surface area contributed by atoms with Crippen LogP contribution in [0.4, 0.5) is 0 Å². The summed E-state index contributed by atoms with van der Waals surface area (Å²) in [5.74, 6) is 0.816. The van der Waals surface area contributed by atoms with Gasteiger partial charge in [-0.15, -0.1) is 0 Å². The van der Waals surface area contributed by atoms with E-state index < -0.39 is 6.10 Å². The van der Waals surface area contributed by atoms with Crippen molar-refractivity contribution < 1.29 is 9.84 Å². The van der Waals surface area contributed by atoms with Gasteiger partial charge in [-0.2, -0.15) is 0 Å². The number of methoxy groups -OCH3 is 1. The molecule has 0 radical (unpaired) electrons. The van der Waals surface area contributed by atoms with Crippen LogP contribution >= 0.6 is 0 Å². The lowest BCUT2D eigenvalue weighted by Gasteiger charge is -2.30. The molecule has 96 valence electrons. The second-order valence-electron chi connectivity index (χ2n) is 4.18. The molecule has 2 unspecified atom stereocenters. The van der Waals surface area contributed by atoms with Crippen molar-refractivity contribution in [3.63, 3.8) is 0 Å². The molecule has 3 nitrogen and oxygen atoms in total. The fourth-order valence-corrected chi connectivity index (χ4v) is 2.08. The van der Waals surface area contributed by atoms with E-state index in [1.165, 1.54) is 0 Å². The van der Waals surface area contributed by atoms with Crippen LogP contribution in [0.15, 0.2) is 24.3 Å². The molecule has 2 atom stereocenters. The molecule has 1 aromatic carbocycles. The van der Waals surface area contributed by atoms with Crippen LogP contribution in [0.3, 0.4) is 0 Å². The summed E-state index contributed by atoms with van der Waals surface area (Å²) >= 11 is 0. The summed E-state index contributed by atoms with van der Waals surface area (Å²) in [6.45, 7) is 8.18. The quantitative estimate of drug-likeness (QED) is 0.825. The van der Waals surface area contributed by atoms with Crippen molar-refractivity contribution in [1.29, 1.82) is 0 Å². The first-order valence-corrected chi connectivity index (χ1v) is 6.20. The summed E-state index contributed by atoms with van der Waals surface area (Å²) in [7, 11) is 1.64. The first-order valence-electron chi connectivity index (χ1n) is 6.20. The number of hydrogen-bond donors (Lipinski definition) is 1. The fraction of sp³-hybridized carbons (Fsp3) is 0.571. The van der Waals surface area contributed by atoms with Crippen molar-refractivity contribution in [2.24, 2.45) is 0 Å². The maximum absolute atomic E-state index is 10.3. The molecule has 0 saturated heterocycles. The molecule has 1 aromatic rings. The predicted molar refractivity (Wildman–Crippen MR) is 70.3 cm³/mol. The van der Waals surface area contributed by atoms with E-state index in [0.29, 0.717) is 0 Å². The van der Waals surface area contributed by atoms with Gasteiger partial charge < -0.3 is 9.84 Å². The molecule has 0 aliphatic heterocycles. The van der Waals surface area contributed by atoms with E-state index in [-0.39, 0.29) is 6.04 Å². The van der Waals surface area contributed by atoms with Crippen LogP contribution in [0.25, 0.3) is 0 Å². The van der Waals surface area contributed by atoms with Gasteiger partial charge in [-0.1, -0.05) is 26.0 Å². The van der Waals surface area contributed by atoms with Crippen LogP contribution in [0.2, 0.25) is 0 Å². The Morgan fingerprint density at radius 2 is 1.71 bits per heavy atom. The smallest absolute Gasteiger partial charge is 0.118 e. The summed E-state index contributed by atoms with van der Waals surface area (Å²) in [5.41, 5.74) is 0.935. The van der Waals surface area contributed by atoms with E-state index in [0.717, 1.165) is 24.4 Å². The second-order valence-corrected chi connectivity index (χ2v) is 4.18. The van der Waals surface area contributed by atoms with Gasteiger partial charge in [-0.25, -0.2) is 0 Å². The minimum absolute atomic E-state index is 0.124. The highest BCUT2D eigenvalue weighted by molar-refractivity contribution is 5.29. The maximum atomic E-state index is 10.3. The van der Waals surface area contributed by atoms with Gasteiger partial charge in [-0.05, 0) is 37.7 Å². The van der Waals surface area contributed by atoms with Gasteiger partial charge in [0.2, 0.25) is 0 Å². The minimum Gasteiger partial charge on any atom is -0.497 e. The third-order valence-electron chi connectivity index (χ3n) is 3.30. The monoisotopic (exact) mass is 237 g/mol. The van der Waals surface area contributed by atoms with Gasteiger partial charge >= 0.3 is 0 Å². The molecule has 0 amide bonds. The molecule has 0 fully saturated rings. The Labute approximate surface area is 104 Å². The summed E-state index contributed by atoms with van der Waals surface area (Å²) < 4.78 is 5.11. The fourth-order valence-electron chi connectivity index (χ4n) is 2.08. The molecule has 0 aliphatic carbocycles. The Bertz CT molecular complexity index is 319. The summed E-state index contributed by atoms with van der Waals surface area (Å²) in [4.78, 5) is 2.24. The number of aliphatic hydroxyl groups is 1. The largest absolute Gasteiger partial charge is 0.497 e. The lowest BCUT2D eigenvalue weighted by atomic mass is 10.0. The zero-order valence-corrected chi connectivity index (χ0v) is 11.2. The molecule has 0 spiro atoms. The van der Waals surface area contributed by atoms with Gasteiger partial charge in [0.05, 0.1) is 13.2 Å². The van der Waals surface area contributed by atoms with E-state index in [4.69, 9.17) is 4.74 Å². The number of aliphatic hydroxyl groups excluding tert-OH is 1. The number of nitrogens with zero attached hydrogens (tertiary/aromatic N) is 1. The summed E-state index contributed by atoms with van der Waals surface area (Å²) in [5, 5.41) is 10.3. The van der Waals surface area contributed by atoms with Gasteiger partial charge in [0.25, 0.3) is 0 Å². The lowest BCUT2D eigenvalue weighted by molar-refractivity contribution is 0.0638. The Hall–Kier alpha value is -1.06. The van der Waals surface area contributed by atoms with Crippen LogP contribution in [-0.4, -0.2) is 36.2 Å².